The zero-order valence-electron chi connectivity index (χ0n) is 24.9. The Hall–Kier alpha value is -4.25. The second kappa shape index (κ2) is 12.2. The molecule has 5 aromatic rings. The SMILES string of the molecule is Cc1cc(-c2c(C)nn3c(NCc4cccc(-c5nccn5C)c4)cc(C(C)(C)O)nc23)cc(C(=O)NCCCO)c1Cl. The summed E-state index contributed by atoms with van der Waals surface area (Å²) in [6.45, 7) is 7.93. The van der Waals surface area contributed by atoms with E-state index in [0.29, 0.717) is 52.9 Å². The molecule has 10 nitrogen and oxygen atoms in total. The van der Waals surface area contributed by atoms with E-state index in [1.807, 2.05) is 55.9 Å². The maximum atomic E-state index is 13.0. The summed E-state index contributed by atoms with van der Waals surface area (Å²) < 4.78 is 3.71. The lowest BCUT2D eigenvalue weighted by atomic mass is 9.99. The molecular weight excluding hydrogens is 566 g/mol. The molecule has 0 atom stereocenters. The molecule has 0 radical (unpaired) electrons. The van der Waals surface area contributed by atoms with E-state index in [4.69, 9.17) is 26.8 Å². The number of aromatic nitrogens is 5. The van der Waals surface area contributed by atoms with Crippen LogP contribution in [0.4, 0.5) is 5.82 Å². The molecule has 0 fully saturated rings. The van der Waals surface area contributed by atoms with Crippen LogP contribution < -0.4 is 10.6 Å². The molecule has 0 aliphatic rings. The topological polar surface area (TPSA) is 130 Å². The normalized spacial score (nSPS) is 11.7. The monoisotopic (exact) mass is 601 g/mol. The van der Waals surface area contributed by atoms with Gasteiger partial charge in [0.1, 0.15) is 17.2 Å². The van der Waals surface area contributed by atoms with Gasteiger partial charge in [0.2, 0.25) is 0 Å². The average molecular weight is 602 g/mol. The minimum absolute atomic E-state index is 0.0181. The summed E-state index contributed by atoms with van der Waals surface area (Å²) in [4.78, 5) is 22.3. The second-order valence-electron chi connectivity index (χ2n) is 11.2. The number of nitrogens with zero attached hydrogens (tertiary/aromatic N) is 5. The van der Waals surface area contributed by atoms with Gasteiger partial charge in [-0.2, -0.15) is 9.61 Å². The van der Waals surface area contributed by atoms with Gasteiger partial charge in [-0.05, 0) is 69.0 Å². The van der Waals surface area contributed by atoms with Crippen LogP contribution in [0.2, 0.25) is 5.02 Å². The third kappa shape index (κ3) is 6.27. The van der Waals surface area contributed by atoms with Gasteiger partial charge in [-0.3, -0.25) is 4.79 Å². The summed E-state index contributed by atoms with van der Waals surface area (Å²) in [7, 11) is 1.96. The second-order valence-corrected chi connectivity index (χ2v) is 11.6. The van der Waals surface area contributed by atoms with Gasteiger partial charge in [-0.15, -0.1) is 0 Å². The van der Waals surface area contributed by atoms with Gasteiger partial charge in [0.25, 0.3) is 5.91 Å². The smallest absolute Gasteiger partial charge is 0.252 e. The number of aliphatic hydroxyl groups is 2. The number of fused-ring (bicyclic) bond motifs is 1. The molecule has 0 aliphatic carbocycles. The summed E-state index contributed by atoms with van der Waals surface area (Å²) in [6, 6.07) is 13.6. The van der Waals surface area contributed by atoms with E-state index in [-0.39, 0.29) is 12.5 Å². The molecule has 0 saturated heterocycles. The molecule has 0 bridgehead atoms. The Labute approximate surface area is 255 Å². The van der Waals surface area contributed by atoms with Crippen molar-refractivity contribution < 1.29 is 15.0 Å². The summed E-state index contributed by atoms with van der Waals surface area (Å²) in [5.41, 5.74) is 5.07. The highest BCUT2D eigenvalue weighted by Crippen LogP contribution is 2.35. The maximum Gasteiger partial charge on any atom is 0.252 e. The molecule has 3 aromatic heterocycles. The Bertz CT molecular complexity index is 1800. The molecule has 0 saturated carbocycles. The number of anilines is 1. The maximum absolute atomic E-state index is 13.0. The van der Waals surface area contributed by atoms with Crippen LogP contribution in [-0.2, 0) is 19.2 Å². The molecule has 2 aromatic carbocycles. The quantitative estimate of drug-likeness (QED) is 0.165. The van der Waals surface area contributed by atoms with Crippen molar-refractivity contribution in [3.05, 3.63) is 88.0 Å². The van der Waals surface area contributed by atoms with Gasteiger partial charge >= 0.3 is 0 Å². The van der Waals surface area contributed by atoms with Crippen LogP contribution in [0.25, 0.3) is 28.2 Å². The Kier molecular flexibility index (Phi) is 8.55. The predicted octanol–water partition coefficient (Wildman–Crippen LogP) is 5.02. The average Bonchev–Trinajstić information content (AvgIpc) is 3.54. The molecule has 4 N–H and O–H groups in total. The van der Waals surface area contributed by atoms with E-state index in [1.54, 1.807) is 36.7 Å². The first kappa shape index (κ1) is 30.2. The highest BCUT2D eigenvalue weighted by Gasteiger charge is 2.25. The highest BCUT2D eigenvalue weighted by molar-refractivity contribution is 6.34. The predicted molar refractivity (Wildman–Crippen MR) is 168 cm³/mol. The standard InChI is InChI=1S/C32H36ClN7O3/c1-19-14-23(16-24(28(19)33)31(42)35-10-7-13-41)27-20(2)38-40-26(17-25(32(3,4)43)37-30(27)40)36-18-21-8-6-9-22(15-21)29-34-11-12-39(29)5/h6,8-9,11-12,14-17,36,41,43H,7,10,13,18H2,1-5H3,(H,35,42). The van der Waals surface area contributed by atoms with Crippen LogP contribution in [0.1, 0.15) is 53.1 Å². The van der Waals surface area contributed by atoms with Crippen molar-refractivity contribution in [3.63, 3.8) is 0 Å². The molecule has 0 aliphatic heterocycles. The molecule has 11 heteroatoms. The number of carbonyl (C=O) groups is 1. The number of nitrogens with one attached hydrogen (secondary N) is 2. The van der Waals surface area contributed by atoms with Gasteiger partial charge in [-0.25, -0.2) is 9.97 Å². The Balaban J connectivity index is 1.56. The summed E-state index contributed by atoms with van der Waals surface area (Å²) in [6.07, 6.45) is 4.14. The number of hydrogen-bond donors (Lipinski definition) is 4. The van der Waals surface area contributed by atoms with Gasteiger partial charge in [-0.1, -0.05) is 29.8 Å². The van der Waals surface area contributed by atoms with Crippen LogP contribution in [0.15, 0.2) is 54.9 Å². The zero-order chi connectivity index (χ0) is 30.9. The van der Waals surface area contributed by atoms with E-state index < -0.39 is 5.60 Å². The van der Waals surface area contributed by atoms with E-state index >= 15 is 0 Å². The highest BCUT2D eigenvalue weighted by atomic mass is 35.5. The third-order valence-corrected chi connectivity index (χ3v) is 7.78. The first-order valence-electron chi connectivity index (χ1n) is 14.1. The lowest BCUT2D eigenvalue weighted by Gasteiger charge is -2.19. The molecule has 224 valence electrons. The van der Waals surface area contributed by atoms with Crippen LogP contribution in [0.5, 0.6) is 0 Å². The lowest BCUT2D eigenvalue weighted by Crippen LogP contribution is -2.25. The number of rotatable bonds is 10. The van der Waals surface area contributed by atoms with Crippen LogP contribution in [-0.4, -0.2) is 53.4 Å². The van der Waals surface area contributed by atoms with Crippen molar-refractivity contribution >= 4 is 29.0 Å². The molecular formula is C32H36ClN7O3. The van der Waals surface area contributed by atoms with Crippen LogP contribution in [0.3, 0.4) is 0 Å². The summed E-state index contributed by atoms with van der Waals surface area (Å²) in [5.74, 6) is 1.22. The minimum atomic E-state index is -1.22. The Morgan fingerprint density at radius 2 is 1.91 bits per heavy atom. The fraction of sp³-hybridized carbons (Fsp3) is 0.312. The fourth-order valence-corrected chi connectivity index (χ4v) is 5.21. The Morgan fingerprint density at radius 1 is 1.12 bits per heavy atom. The van der Waals surface area contributed by atoms with Gasteiger partial charge in [0.05, 0.1) is 22.0 Å². The number of aliphatic hydroxyl groups excluding tert-OH is 1. The van der Waals surface area contributed by atoms with Crippen molar-refractivity contribution in [2.24, 2.45) is 7.05 Å². The van der Waals surface area contributed by atoms with Gasteiger partial charge in [0, 0.05) is 56.3 Å². The van der Waals surface area contributed by atoms with E-state index in [1.165, 1.54) is 0 Å². The number of carbonyl (C=O) groups excluding carboxylic acids is 1. The van der Waals surface area contributed by atoms with Crippen molar-refractivity contribution in [1.29, 1.82) is 0 Å². The van der Waals surface area contributed by atoms with Gasteiger partial charge < -0.3 is 25.4 Å². The molecule has 0 unspecified atom stereocenters. The van der Waals surface area contributed by atoms with Crippen LogP contribution >= 0.6 is 11.6 Å². The van der Waals surface area contributed by atoms with E-state index in [0.717, 1.165) is 33.6 Å². The van der Waals surface area contributed by atoms with Gasteiger partial charge in [0.15, 0.2) is 5.65 Å². The van der Waals surface area contributed by atoms with Crippen molar-refractivity contribution in [1.82, 2.24) is 29.5 Å². The van der Waals surface area contributed by atoms with Crippen LogP contribution in [0, 0.1) is 13.8 Å². The number of hydrogen-bond acceptors (Lipinski definition) is 7. The first-order valence-corrected chi connectivity index (χ1v) is 14.5. The number of amides is 1. The molecule has 5 rings (SSSR count). The molecule has 0 spiro atoms. The minimum Gasteiger partial charge on any atom is -0.396 e. The van der Waals surface area contributed by atoms with E-state index in [9.17, 15) is 9.90 Å². The summed E-state index contributed by atoms with van der Waals surface area (Å²) in [5, 5.41) is 31.6. The number of imidazole rings is 1. The van der Waals surface area contributed by atoms with Crippen molar-refractivity contribution in [2.45, 2.75) is 46.3 Å². The number of aryl methyl sites for hydroxylation is 3. The Morgan fingerprint density at radius 3 is 2.60 bits per heavy atom. The lowest BCUT2D eigenvalue weighted by molar-refractivity contribution is 0.0740. The summed E-state index contributed by atoms with van der Waals surface area (Å²) >= 11 is 6.56. The van der Waals surface area contributed by atoms with Crippen molar-refractivity contribution in [3.8, 4) is 22.5 Å². The number of benzene rings is 2. The zero-order valence-corrected chi connectivity index (χ0v) is 25.7. The first-order chi connectivity index (χ1) is 20.5. The largest absolute Gasteiger partial charge is 0.396 e. The molecule has 43 heavy (non-hydrogen) atoms. The number of halogens is 1. The molecule has 3 heterocycles. The van der Waals surface area contributed by atoms with Crippen molar-refractivity contribution in [2.75, 3.05) is 18.5 Å². The molecule has 1 amide bonds. The van der Waals surface area contributed by atoms with E-state index in [2.05, 4.69) is 21.7 Å². The fourth-order valence-electron chi connectivity index (χ4n) is 5.01. The third-order valence-electron chi connectivity index (χ3n) is 7.28.